The maximum atomic E-state index is 10.2. The van der Waals surface area contributed by atoms with E-state index in [0.29, 0.717) is 22.7 Å². The van der Waals surface area contributed by atoms with Gasteiger partial charge in [0.05, 0.1) is 6.10 Å². The van der Waals surface area contributed by atoms with Crippen molar-refractivity contribution in [1.82, 2.24) is 0 Å². The molecule has 9 atom stereocenters. The number of rotatable bonds is 4. The number of aliphatic hydroxyl groups excluding tert-OH is 1. The molecule has 0 amide bonds. The molecule has 164 valence electrons. The summed E-state index contributed by atoms with van der Waals surface area (Å²) in [6.07, 6.45) is 17.7. The van der Waals surface area contributed by atoms with Crippen LogP contribution in [0.15, 0.2) is 23.8 Å². The normalized spacial score (nSPS) is 46.8. The fraction of sp³-hybridized carbons (Fsp3) is 0.857. The molecule has 4 rings (SSSR count). The fourth-order valence-corrected chi connectivity index (χ4v) is 8.25. The van der Waals surface area contributed by atoms with Crippen LogP contribution in [-0.4, -0.2) is 11.2 Å². The molecule has 0 saturated heterocycles. The van der Waals surface area contributed by atoms with E-state index in [1.807, 2.05) is 0 Å². The maximum absolute atomic E-state index is 10.2. The van der Waals surface area contributed by atoms with Crippen molar-refractivity contribution < 1.29 is 5.11 Å². The molecule has 1 heteroatoms. The van der Waals surface area contributed by atoms with Crippen molar-refractivity contribution in [3.63, 3.8) is 0 Å². The molecule has 5 unspecified atom stereocenters. The Bertz CT molecular complexity index is 659. The van der Waals surface area contributed by atoms with Crippen molar-refractivity contribution in [2.75, 3.05) is 0 Å². The number of hydrogen-bond acceptors (Lipinski definition) is 1. The van der Waals surface area contributed by atoms with Crippen LogP contribution < -0.4 is 0 Å². The van der Waals surface area contributed by atoms with Gasteiger partial charge in [-0.1, -0.05) is 65.3 Å². The first-order chi connectivity index (χ1) is 13.7. The molecule has 4 aliphatic rings. The van der Waals surface area contributed by atoms with Gasteiger partial charge in [0, 0.05) is 0 Å². The Morgan fingerprint density at radius 2 is 1.72 bits per heavy atom. The molecule has 0 radical (unpaired) electrons. The molecule has 4 aliphatic carbocycles. The summed E-state index contributed by atoms with van der Waals surface area (Å²) in [5.41, 5.74) is 2.51. The molecule has 0 aromatic heterocycles. The van der Waals surface area contributed by atoms with Gasteiger partial charge in [0.2, 0.25) is 0 Å². The first-order valence-electron chi connectivity index (χ1n) is 12.7. The van der Waals surface area contributed by atoms with Gasteiger partial charge in [0.25, 0.3) is 0 Å². The molecule has 3 saturated carbocycles. The lowest BCUT2D eigenvalue weighted by Gasteiger charge is -2.58. The number of fused-ring (bicyclic) bond motifs is 5. The van der Waals surface area contributed by atoms with Gasteiger partial charge in [0.15, 0.2) is 0 Å². The Kier molecular flexibility index (Phi) is 5.86. The van der Waals surface area contributed by atoms with Crippen molar-refractivity contribution in [2.45, 2.75) is 99.0 Å². The summed E-state index contributed by atoms with van der Waals surface area (Å²) < 4.78 is 0. The minimum atomic E-state index is -0.0866. The molecule has 1 nitrogen and oxygen atoms in total. The van der Waals surface area contributed by atoms with E-state index >= 15 is 0 Å². The van der Waals surface area contributed by atoms with E-state index in [1.165, 1.54) is 38.5 Å². The van der Waals surface area contributed by atoms with E-state index in [1.54, 1.807) is 5.57 Å². The number of hydrogen-bond donors (Lipinski definition) is 1. The second-order valence-electron chi connectivity index (χ2n) is 12.2. The van der Waals surface area contributed by atoms with Gasteiger partial charge in [-0.3, -0.25) is 0 Å². The minimum absolute atomic E-state index is 0.0866. The highest BCUT2D eigenvalue weighted by atomic mass is 16.3. The number of aliphatic hydroxyl groups is 1. The largest absolute Gasteiger partial charge is 0.393 e. The molecule has 0 aromatic carbocycles. The van der Waals surface area contributed by atoms with Crippen molar-refractivity contribution >= 4 is 0 Å². The summed E-state index contributed by atoms with van der Waals surface area (Å²) >= 11 is 0. The zero-order valence-electron chi connectivity index (χ0n) is 20.0. The highest BCUT2D eigenvalue weighted by Crippen LogP contribution is 2.67. The minimum Gasteiger partial charge on any atom is -0.393 e. The third-order valence-electron chi connectivity index (χ3n) is 10.6. The third-order valence-corrected chi connectivity index (χ3v) is 10.6. The summed E-state index contributed by atoms with van der Waals surface area (Å²) in [6.45, 7) is 14.7. The second-order valence-corrected chi connectivity index (χ2v) is 12.2. The van der Waals surface area contributed by atoms with E-state index in [9.17, 15) is 5.11 Å². The molecule has 0 spiro atoms. The van der Waals surface area contributed by atoms with Crippen LogP contribution in [0.3, 0.4) is 0 Å². The highest BCUT2D eigenvalue weighted by Gasteiger charge is 2.58. The molecule has 3 fully saturated rings. The molecule has 0 heterocycles. The molecule has 1 N–H and O–H groups in total. The summed E-state index contributed by atoms with van der Waals surface area (Å²) in [6, 6.07) is 0. The van der Waals surface area contributed by atoms with E-state index in [2.05, 4.69) is 59.8 Å². The van der Waals surface area contributed by atoms with Crippen LogP contribution in [0.25, 0.3) is 0 Å². The Hall–Kier alpha value is -0.560. The van der Waals surface area contributed by atoms with Crippen LogP contribution in [0.2, 0.25) is 0 Å². The van der Waals surface area contributed by atoms with Gasteiger partial charge in [-0.15, -0.1) is 0 Å². The van der Waals surface area contributed by atoms with E-state index in [-0.39, 0.29) is 6.10 Å². The van der Waals surface area contributed by atoms with Crippen molar-refractivity contribution in [3.8, 4) is 0 Å². The van der Waals surface area contributed by atoms with Crippen LogP contribution in [0.4, 0.5) is 0 Å². The van der Waals surface area contributed by atoms with Crippen LogP contribution in [0.5, 0.6) is 0 Å². The zero-order valence-corrected chi connectivity index (χ0v) is 20.0. The zero-order chi connectivity index (χ0) is 21.0. The van der Waals surface area contributed by atoms with Gasteiger partial charge in [0.1, 0.15) is 0 Å². The Labute approximate surface area is 180 Å². The van der Waals surface area contributed by atoms with Gasteiger partial charge in [-0.05, 0) is 104 Å². The van der Waals surface area contributed by atoms with Gasteiger partial charge < -0.3 is 5.11 Å². The van der Waals surface area contributed by atoms with Crippen molar-refractivity contribution in [2.24, 2.45) is 52.3 Å². The Balaban J connectivity index is 1.53. The van der Waals surface area contributed by atoms with Crippen LogP contribution in [0.1, 0.15) is 92.9 Å². The number of allylic oxidation sites excluding steroid dienone is 3. The molecular weight excluding hydrogens is 352 g/mol. The monoisotopic (exact) mass is 398 g/mol. The topological polar surface area (TPSA) is 20.2 Å². The lowest BCUT2D eigenvalue weighted by Crippen LogP contribution is -2.50. The fourth-order valence-electron chi connectivity index (χ4n) is 8.25. The van der Waals surface area contributed by atoms with Crippen LogP contribution in [-0.2, 0) is 0 Å². The quantitative estimate of drug-likeness (QED) is 0.489. The first kappa shape index (κ1) is 21.7. The summed E-state index contributed by atoms with van der Waals surface area (Å²) in [4.78, 5) is 0. The SMILES string of the molecule is CC(C)C(C)/C=C/[C@@H](C)[C@H]1CCC2C3CC=C4CC(O)CC[C@]4(C)C3CC[C@@]21C. The summed E-state index contributed by atoms with van der Waals surface area (Å²) in [7, 11) is 0. The lowest BCUT2D eigenvalue weighted by molar-refractivity contribution is -0.0540. The lowest BCUT2D eigenvalue weighted by atomic mass is 9.47. The smallest absolute Gasteiger partial charge is 0.0577 e. The standard InChI is InChI=1S/C28H46O/c1-18(2)19(3)7-8-20(4)24-11-12-25-23-10-9-21-17-22(29)13-15-27(21,5)26(23)14-16-28(24,25)6/h7-9,18-20,22-26,29H,10-17H2,1-6H3/b8-7+/t19?,20-,22?,23?,24-,25?,26?,27+,28-/m1/s1. The van der Waals surface area contributed by atoms with E-state index in [0.717, 1.165) is 42.4 Å². The van der Waals surface area contributed by atoms with Gasteiger partial charge >= 0.3 is 0 Å². The summed E-state index contributed by atoms with van der Waals surface area (Å²) in [5.74, 6) is 5.63. The van der Waals surface area contributed by atoms with E-state index in [4.69, 9.17) is 0 Å². The van der Waals surface area contributed by atoms with Crippen molar-refractivity contribution in [1.29, 1.82) is 0 Å². The predicted molar refractivity (Wildman–Crippen MR) is 124 cm³/mol. The third kappa shape index (κ3) is 3.58. The van der Waals surface area contributed by atoms with Gasteiger partial charge in [-0.2, -0.15) is 0 Å². The molecule has 0 aromatic rings. The van der Waals surface area contributed by atoms with Crippen molar-refractivity contribution in [3.05, 3.63) is 23.8 Å². The van der Waals surface area contributed by atoms with E-state index < -0.39 is 0 Å². The van der Waals surface area contributed by atoms with Crippen LogP contribution >= 0.6 is 0 Å². The first-order valence-corrected chi connectivity index (χ1v) is 12.7. The second kappa shape index (κ2) is 7.85. The molecule has 0 bridgehead atoms. The molecule has 0 aliphatic heterocycles. The maximum Gasteiger partial charge on any atom is 0.0577 e. The Morgan fingerprint density at radius 1 is 0.966 bits per heavy atom. The summed E-state index contributed by atoms with van der Waals surface area (Å²) in [5, 5.41) is 10.2. The molecule has 29 heavy (non-hydrogen) atoms. The van der Waals surface area contributed by atoms with Gasteiger partial charge in [-0.25, -0.2) is 0 Å². The average molecular weight is 399 g/mol. The predicted octanol–water partition coefficient (Wildman–Crippen LogP) is 7.41. The highest BCUT2D eigenvalue weighted by molar-refractivity contribution is 5.25. The molecular formula is C28H46O. The van der Waals surface area contributed by atoms with Crippen LogP contribution in [0, 0.1) is 52.3 Å². The average Bonchev–Trinajstić information content (AvgIpc) is 3.03. The Morgan fingerprint density at radius 3 is 2.45 bits per heavy atom.